The lowest BCUT2D eigenvalue weighted by Gasteiger charge is -2.08. The van der Waals surface area contributed by atoms with E-state index in [-0.39, 0.29) is 5.91 Å². The molecule has 0 fully saturated rings. The molecule has 2 aromatic carbocycles. The van der Waals surface area contributed by atoms with Gasteiger partial charge in [0.05, 0.1) is 0 Å². The molecule has 2 aromatic rings. The monoisotopic (exact) mass is 284 g/mol. The number of nitrogens with one attached hydrogen (secondary N) is 2. The summed E-state index contributed by atoms with van der Waals surface area (Å²) in [5, 5.41) is 5.98. The van der Waals surface area contributed by atoms with Crippen LogP contribution in [-0.2, 0) is 4.79 Å². The minimum atomic E-state index is 0.0639. The zero-order valence-corrected chi connectivity index (χ0v) is 12.1. The Morgan fingerprint density at radius 2 is 1.67 bits per heavy atom. The van der Waals surface area contributed by atoms with E-state index in [9.17, 15) is 4.79 Å². The maximum atomic E-state index is 11.3. The molecule has 0 atom stereocenters. The van der Waals surface area contributed by atoms with Crippen LogP contribution in [0.15, 0.2) is 54.6 Å². The van der Waals surface area contributed by atoms with Crippen molar-refractivity contribution >= 4 is 11.6 Å². The predicted molar refractivity (Wildman–Crippen MR) is 84.7 cm³/mol. The van der Waals surface area contributed by atoms with Gasteiger partial charge in [-0.05, 0) is 43.3 Å². The molecule has 1 amide bonds. The first-order chi connectivity index (χ1) is 10.3. The molecule has 0 saturated carbocycles. The minimum Gasteiger partial charge on any atom is -0.457 e. The fourth-order valence-corrected chi connectivity index (χ4v) is 1.87. The molecule has 4 nitrogen and oxygen atoms in total. The second-order valence-corrected chi connectivity index (χ2v) is 4.57. The molecule has 0 bridgehead atoms. The van der Waals surface area contributed by atoms with Gasteiger partial charge in [0.25, 0.3) is 0 Å². The maximum Gasteiger partial charge on any atom is 0.221 e. The summed E-state index contributed by atoms with van der Waals surface area (Å²) in [4.78, 5) is 11.3. The number of amides is 1. The quantitative estimate of drug-likeness (QED) is 0.819. The first-order valence-electron chi connectivity index (χ1n) is 7.11. The Balaban J connectivity index is 1.80. The first kappa shape index (κ1) is 14.9. The molecule has 0 spiro atoms. The Kier molecular flexibility index (Phi) is 5.64. The summed E-state index contributed by atoms with van der Waals surface area (Å²) in [5.41, 5.74) is 0.972. The van der Waals surface area contributed by atoms with E-state index in [0.29, 0.717) is 19.5 Å². The Morgan fingerprint density at radius 3 is 2.33 bits per heavy atom. The van der Waals surface area contributed by atoms with Crippen LogP contribution in [0, 0.1) is 0 Å². The summed E-state index contributed by atoms with van der Waals surface area (Å²) in [6.07, 6.45) is 0.468. The normalized spacial score (nSPS) is 9.95. The Hall–Kier alpha value is -2.49. The lowest BCUT2D eigenvalue weighted by molar-refractivity contribution is -0.120. The fourth-order valence-electron chi connectivity index (χ4n) is 1.87. The van der Waals surface area contributed by atoms with Crippen molar-refractivity contribution < 1.29 is 9.53 Å². The molecule has 110 valence electrons. The third-order valence-corrected chi connectivity index (χ3v) is 2.89. The SMILES string of the molecule is CCNC(=O)CCNc1ccc(Oc2ccccc2)cc1. The lowest BCUT2D eigenvalue weighted by Crippen LogP contribution is -2.24. The lowest BCUT2D eigenvalue weighted by atomic mass is 10.3. The molecule has 21 heavy (non-hydrogen) atoms. The van der Waals surface area contributed by atoms with Gasteiger partial charge in [-0.15, -0.1) is 0 Å². The van der Waals surface area contributed by atoms with Crippen molar-refractivity contribution in [1.29, 1.82) is 0 Å². The van der Waals surface area contributed by atoms with Crippen LogP contribution in [0.3, 0.4) is 0 Å². The molecule has 0 aliphatic heterocycles. The zero-order valence-electron chi connectivity index (χ0n) is 12.1. The zero-order chi connectivity index (χ0) is 14.9. The van der Waals surface area contributed by atoms with E-state index in [1.165, 1.54) is 0 Å². The van der Waals surface area contributed by atoms with Gasteiger partial charge >= 0.3 is 0 Å². The number of para-hydroxylation sites is 1. The molecule has 0 heterocycles. The molecule has 2 N–H and O–H groups in total. The summed E-state index contributed by atoms with van der Waals surface area (Å²) in [7, 11) is 0. The van der Waals surface area contributed by atoms with Crippen LogP contribution in [0.1, 0.15) is 13.3 Å². The van der Waals surface area contributed by atoms with Crippen LogP contribution >= 0.6 is 0 Å². The number of ether oxygens (including phenoxy) is 1. The van der Waals surface area contributed by atoms with Gasteiger partial charge in [-0.3, -0.25) is 4.79 Å². The van der Waals surface area contributed by atoms with E-state index in [0.717, 1.165) is 17.2 Å². The molecule has 2 rings (SSSR count). The van der Waals surface area contributed by atoms with Crippen LogP contribution < -0.4 is 15.4 Å². The smallest absolute Gasteiger partial charge is 0.221 e. The first-order valence-corrected chi connectivity index (χ1v) is 7.11. The average molecular weight is 284 g/mol. The highest BCUT2D eigenvalue weighted by atomic mass is 16.5. The van der Waals surface area contributed by atoms with Gasteiger partial charge in [-0.2, -0.15) is 0 Å². The highest BCUT2D eigenvalue weighted by molar-refractivity contribution is 5.76. The summed E-state index contributed by atoms with van der Waals surface area (Å²) in [6.45, 7) is 3.20. The van der Waals surface area contributed by atoms with E-state index in [1.54, 1.807) is 0 Å². The summed E-state index contributed by atoms with van der Waals surface area (Å²) in [6, 6.07) is 17.3. The topological polar surface area (TPSA) is 50.4 Å². The third kappa shape index (κ3) is 5.18. The molecule has 0 saturated heterocycles. The number of hydrogen-bond acceptors (Lipinski definition) is 3. The number of carbonyl (C=O) groups excluding carboxylic acids is 1. The summed E-state index contributed by atoms with van der Waals surface area (Å²) < 4.78 is 5.72. The predicted octanol–water partition coefficient (Wildman–Crippen LogP) is 3.42. The van der Waals surface area contributed by atoms with Crippen LogP contribution in [0.2, 0.25) is 0 Å². The van der Waals surface area contributed by atoms with Crippen LogP contribution in [-0.4, -0.2) is 19.0 Å². The Labute approximate surface area is 125 Å². The van der Waals surface area contributed by atoms with Crippen molar-refractivity contribution in [3.8, 4) is 11.5 Å². The van der Waals surface area contributed by atoms with E-state index in [4.69, 9.17) is 4.74 Å². The van der Waals surface area contributed by atoms with Crippen LogP contribution in [0.4, 0.5) is 5.69 Å². The molecular formula is C17H20N2O2. The number of anilines is 1. The summed E-state index contributed by atoms with van der Waals surface area (Å²) in [5.74, 6) is 1.67. The average Bonchev–Trinajstić information content (AvgIpc) is 2.50. The number of carbonyl (C=O) groups is 1. The highest BCUT2D eigenvalue weighted by Gasteiger charge is 2.00. The fraction of sp³-hybridized carbons (Fsp3) is 0.235. The second-order valence-electron chi connectivity index (χ2n) is 4.57. The van der Waals surface area contributed by atoms with Crippen molar-refractivity contribution in [3.63, 3.8) is 0 Å². The van der Waals surface area contributed by atoms with Gasteiger partial charge in [-0.1, -0.05) is 18.2 Å². The van der Waals surface area contributed by atoms with Crippen molar-refractivity contribution in [1.82, 2.24) is 5.32 Å². The van der Waals surface area contributed by atoms with E-state index in [1.807, 2.05) is 61.5 Å². The number of benzene rings is 2. The van der Waals surface area contributed by atoms with Crippen molar-refractivity contribution in [2.24, 2.45) is 0 Å². The van der Waals surface area contributed by atoms with Gasteiger partial charge in [-0.25, -0.2) is 0 Å². The number of rotatable bonds is 7. The van der Waals surface area contributed by atoms with Gasteiger partial charge in [0.2, 0.25) is 5.91 Å². The molecular weight excluding hydrogens is 264 g/mol. The molecule has 0 radical (unpaired) electrons. The minimum absolute atomic E-state index is 0.0639. The second kappa shape index (κ2) is 7.94. The van der Waals surface area contributed by atoms with Crippen molar-refractivity contribution in [2.45, 2.75) is 13.3 Å². The standard InChI is InChI=1S/C17H20N2O2/c1-2-18-17(20)12-13-19-14-8-10-16(11-9-14)21-15-6-4-3-5-7-15/h3-11,19H,2,12-13H2,1H3,(H,18,20). The van der Waals surface area contributed by atoms with E-state index >= 15 is 0 Å². The molecule has 4 heteroatoms. The highest BCUT2D eigenvalue weighted by Crippen LogP contribution is 2.22. The van der Waals surface area contributed by atoms with E-state index in [2.05, 4.69) is 10.6 Å². The van der Waals surface area contributed by atoms with Gasteiger partial charge < -0.3 is 15.4 Å². The largest absolute Gasteiger partial charge is 0.457 e. The van der Waals surface area contributed by atoms with Crippen LogP contribution in [0.25, 0.3) is 0 Å². The van der Waals surface area contributed by atoms with Gasteiger partial charge in [0, 0.05) is 25.2 Å². The third-order valence-electron chi connectivity index (χ3n) is 2.89. The van der Waals surface area contributed by atoms with Gasteiger partial charge in [0.15, 0.2) is 0 Å². The van der Waals surface area contributed by atoms with Crippen molar-refractivity contribution in [2.75, 3.05) is 18.4 Å². The van der Waals surface area contributed by atoms with Crippen LogP contribution in [0.5, 0.6) is 11.5 Å². The maximum absolute atomic E-state index is 11.3. The van der Waals surface area contributed by atoms with E-state index < -0.39 is 0 Å². The van der Waals surface area contributed by atoms with Crippen molar-refractivity contribution in [3.05, 3.63) is 54.6 Å². The van der Waals surface area contributed by atoms with Gasteiger partial charge in [0.1, 0.15) is 11.5 Å². The summed E-state index contributed by atoms with van der Waals surface area (Å²) >= 11 is 0. The molecule has 0 aliphatic rings. The molecule has 0 aromatic heterocycles. The Bertz CT molecular complexity index is 553. The molecule has 0 aliphatic carbocycles. The Morgan fingerprint density at radius 1 is 1.00 bits per heavy atom. The molecule has 0 unspecified atom stereocenters. The number of hydrogen-bond donors (Lipinski definition) is 2.